The van der Waals surface area contributed by atoms with Crippen molar-refractivity contribution < 1.29 is 0 Å². The zero-order valence-corrected chi connectivity index (χ0v) is 15.5. The molecule has 2 aromatic rings. The third kappa shape index (κ3) is 3.75. The molecule has 6 heteroatoms. The number of nitrogen functional groups attached to an aromatic ring is 1. The quantitative estimate of drug-likeness (QED) is 0.823. The van der Waals surface area contributed by atoms with E-state index in [-0.39, 0.29) is 0 Å². The lowest BCUT2D eigenvalue weighted by molar-refractivity contribution is 0.311. The average molecular weight is 352 g/mol. The first-order valence-corrected chi connectivity index (χ1v) is 9.60. The number of hydrogen-bond acceptors (Lipinski definition) is 6. The van der Waals surface area contributed by atoms with Gasteiger partial charge in [-0.1, -0.05) is 12.1 Å². The fraction of sp³-hybridized carbons (Fsp3) is 0.500. The third-order valence-corrected chi connectivity index (χ3v) is 5.40. The van der Waals surface area contributed by atoms with Crippen molar-refractivity contribution in [3.8, 4) is 0 Å². The smallest absolute Gasteiger partial charge is 0.227 e. The molecule has 26 heavy (non-hydrogen) atoms. The van der Waals surface area contributed by atoms with E-state index in [0.29, 0.717) is 0 Å². The van der Waals surface area contributed by atoms with E-state index in [2.05, 4.69) is 34.3 Å². The van der Waals surface area contributed by atoms with Gasteiger partial charge in [0, 0.05) is 44.0 Å². The lowest BCUT2D eigenvalue weighted by Gasteiger charge is -2.33. The monoisotopic (exact) mass is 352 g/mol. The maximum atomic E-state index is 5.79. The van der Waals surface area contributed by atoms with E-state index in [0.717, 1.165) is 63.0 Å². The molecule has 1 aliphatic carbocycles. The van der Waals surface area contributed by atoms with Crippen LogP contribution in [0.1, 0.15) is 29.7 Å². The molecule has 0 radical (unpaired) electrons. The molecule has 138 valence electrons. The summed E-state index contributed by atoms with van der Waals surface area (Å²) in [7, 11) is 2.17. The number of likely N-dealkylation sites (N-methyl/N-ethyl adjacent to an activating group) is 1. The van der Waals surface area contributed by atoms with Gasteiger partial charge in [-0.05, 0) is 50.4 Å². The first-order valence-electron chi connectivity index (χ1n) is 9.60. The van der Waals surface area contributed by atoms with Gasteiger partial charge in [-0.3, -0.25) is 0 Å². The standard InChI is InChI=1S/C20H28N6/c1-25-10-12-26(13-11-25)20-23-18-5-3-2-4-17(18)19(24-20)22-14-15-6-8-16(21)9-7-15/h6-9H,2-5,10-14,21H2,1H3,(H,22,23,24). The molecule has 0 unspecified atom stereocenters. The molecule has 0 spiro atoms. The first-order chi connectivity index (χ1) is 12.7. The lowest BCUT2D eigenvalue weighted by atomic mass is 9.96. The Morgan fingerprint density at radius 2 is 1.73 bits per heavy atom. The number of aryl methyl sites for hydroxylation is 1. The second kappa shape index (κ2) is 7.50. The van der Waals surface area contributed by atoms with Gasteiger partial charge in [0.2, 0.25) is 5.95 Å². The van der Waals surface area contributed by atoms with E-state index in [1.807, 2.05) is 12.1 Å². The van der Waals surface area contributed by atoms with Crippen molar-refractivity contribution in [1.82, 2.24) is 14.9 Å². The molecular weight excluding hydrogens is 324 g/mol. The van der Waals surface area contributed by atoms with Crippen LogP contribution in [0.5, 0.6) is 0 Å². The molecule has 0 bridgehead atoms. The maximum Gasteiger partial charge on any atom is 0.227 e. The van der Waals surface area contributed by atoms with Crippen LogP contribution < -0.4 is 16.0 Å². The van der Waals surface area contributed by atoms with Crippen LogP contribution in [0, 0.1) is 0 Å². The summed E-state index contributed by atoms with van der Waals surface area (Å²) in [6, 6.07) is 8.03. The molecular formula is C20H28N6. The number of anilines is 3. The summed E-state index contributed by atoms with van der Waals surface area (Å²) in [5.41, 5.74) is 10.3. The Labute approximate surface area is 155 Å². The van der Waals surface area contributed by atoms with Gasteiger partial charge < -0.3 is 20.9 Å². The zero-order valence-electron chi connectivity index (χ0n) is 15.5. The van der Waals surface area contributed by atoms with Crippen molar-refractivity contribution in [2.24, 2.45) is 0 Å². The Morgan fingerprint density at radius 3 is 2.50 bits per heavy atom. The number of rotatable bonds is 4. The zero-order chi connectivity index (χ0) is 17.9. The molecule has 0 amide bonds. The van der Waals surface area contributed by atoms with Gasteiger partial charge in [-0.2, -0.15) is 4.98 Å². The van der Waals surface area contributed by atoms with Crippen molar-refractivity contribution in [2.45, 2.75) is 32.2 Å². The van der Waals surface area contributed by atoms with Crippen LogP contribution in [0.2, 0.25) is 0 Å². The van der Waals surface area contributed by atoms with E-state index in [1.165, 1.54) is 29.7 Å². The normalized spacial score (nSPS) is 17.8. The molecule has 3 N–H and O–H groups in total. The Hall–Kier alpha value is -2.34. The number of piperazine rings is 1. The fourth-order valence-electron chi connectivity index (χ4n) is 3.70. The van der Waals surface area contributed by atoms with Gasteiger partial charge >= 0.3 is 0 Å². The van der Waals surface area contributed by atoms with Gasteiger partial charge in [-0.15, -0.1) is 0 Å². The minimum Gasteiger partial charge on any atom is -0.399 e. The third-order valence-electron chi connectivity index (χ3n) is 5.40. The van der Waals surface area contributed by atoms with E-state index < -0.39 is 0 Å². The molecule has 0 saturated carbocycles. The highest BCUT2D eigenvalue weighted by atomic mass is 15.3. The average Bonchev–Trinajstić information content (AvgIpc) is 2.68. The van der Waals surface area contributed by atoms with Crippen molar-refractivity contribution in [3.63, 3.8) is 0 Å². The fourth-order valence-corrected chi connectivity index (χ4v) is 3.70. The van der Waals surface area contributed by atoms with Gasteiger partial charge in [-0.25, -0.2) is 4.98 Å². The van der Waals surface area contributed by atoms with Crippen LogP contribution in [0.3, 0.4) is 0 Å². The highest BCUT2D eigenvalue weighted by Gasteiger charge is 2.22. The van der Waals surface area contributed by atoms with Crippen LogP contribution in [0.25, 0.3) is 0 Å². The highest BCUT2D eigenvalue weighted by Crippen LogP contribution is 2.28. The number of hydrogen-bond donors (Lipinski definition) is 2. The number of benzene rings is 1. The summed E-state index contributed by atoms with van der Waals surface area (Å²) in [5, 5.41) is 3.57. The predicted molar refractivity (Wildman–Crippen MR) is 107 cm³/mol. The maximum absolute atomic E-state index is 5.79. The van der Waals surface area contributed by atoms with Crippen molar-refractivity contribution in [3.05, 3.63) is 41.1 Å². The second-order valence-electron chi connectivity index (χ2n) is 7.39. The lowest BCUT2D eigenvalue weighted by Crippen LogP contribution is -2.45. The predicted octanol–water partition coefficient (Wildman–Crippen LogP) is 2.30. The number of nitrogens with zero attached hydrogens (tertiary/aromatic N) is 4. The molecule has 1 saturated heterocycles. The molecule has 1 aromatic carbocycles. The molecule has 6 nitrogen and oxygen atoms in total. The molecule has 4 rings (SSSR count). The Bertz CT molecular complexity index is 750. The van der Waals surface area contributed by atoms with E-state index in [1.54, 1.807) is 0 Å². The SMILES string of the molecule is CN1CCN(c2nc3c(c(NCc4ccc(N)cc4)n2)CCCC3)CC1. The molecule has 1 fully saturated rings. The highest BCUT2D eigenvalue weighted by molar-refractivity contribution is 5.53. The van der Waals surface area contributed by atoms with Gasteiger partial charge in [0.1, 0.15) is 5.82 Å². The molecule has 2 heterocycles. The van der Waals surface area contributed by atoms with Crippen LogP contribution in [0.15, 0.2) is 24.3 Å². The van der Waals surface area contributed by atoms with Crippen molar-refractivity contribution in [1.29, 1.82) is 0 Å². The topological polar surface area (TPSA) is 70.3 Å². The Kier molecular flexibility index (Phi) is 4.93. The summed E-state index contributed by atoms with van der Waals surface area (Å²) in [6.45, 7) is 4.87. The van der Waals surface area contributed by atoms with E-state index >= 15 is 0 Å². The van der Waals surface area contributed by atoms with E-state index in [9.17, 15) is 0 Å². The molecule has 1 aliphatic heterocycles. The molecule has 1 aromatic heterocycles. The molecule has 0 atom stereocenters. The minimum atomic E-state index is 0.756. The summed E-state index contributed by atoms with van der Waals surface area (Å²) in [6.07, 6.45) is 4.59. The summed E-state index contributed by atoms with van der Waals surface area (Å²) < 4.78 is 0. The van der Waals surface area contributed by atoms with Crippen LogP contribution in [-0.4, -0.2) is 48.1 Å². The minimum absolute atomic E-state index is 0.756. The number of nitrogens with one attached hydrogen (secondary N) is 1. The largest absolute Gasteiger partial charge is 0.399 e. The summed E-state index contributed by atoms with van der Waals surface area (Å²) >= 11 is 0. The summed E-state index contributed by atoms with van der Waals surface area (Å²) in [5.74, 6) is 1.90. The first kappa shape index (κ1) is 17.1. The van der Waals surface area contributed by atoms with Crippen molar-refractivity contribution >= 4 is 17.5 Å². The number of fused-ring (bicyclic) bond motifs is 1. The van der Waals surface area contributed by atoms with E-state index in [4.69, 9.17) is 15.7 Å². The molecule has 2 aliphatic rings. The second-order valence-corrected chi connectivity index (χ2v) is 7.39. The van der Waals surface area contributed by atoms with Crippen LogP contribution in [-0.2, 0) is 19.4 Å². The number of aromatic nitrogens is 2. The van der Waals surface area contributed by atoms with Crippen LogP contribution in [0.4, 0.5) is 17.5 Å². The number of nitrogens with two attached hydrogens (primary N) is 1. The van der Waals surface area contributed by atoms with Crippen LogP contribution >= 0.6 is 0 Å². The van der Waals surface area contributed by atoms with Gasteiger partial charge in [0.15, 0.2) is 0 Å². The van der Waals surface area contributed by atoms with Crippen molar-refractivity contribution in [2.75, 3.05) is 49.2 Å². The van der Waals surface area contributed by atoms with Gasteiger partial charge in [0.25, 0.3) is 0 Å². The Morgan fingerprint density at radius 1 is 1.00 bits per heavy atom. The summed E-state index contributed by atoms with van der Waals surface area (Å²) in [4.78, 5) is 14.5. The Balaban J connectivity index is 1.57. The van der Waals surface area contributed by atoms with Gasteiger partial charge in [0.05, 0.1) is 5.69 Å².